The minimum absolute atomic E-state index is 0.188. The van der Waals surface area contributed by atoms with Gasteiger partial charge in [0.1, 0.15) is 28.8 Å². The summed E-state index contributed by atoms with van der Waals surface area (Å²) < 4.78 is 18.7. The number of benzene rings is 1. The lowest BCUT2D eigenvalue weighted by Crippen LogP contribution is -2.43. The van der Waals surface area contributed by atoms with Gasteiger partial charge in [-0.05, 0) is 63.4 Å². The Morgan fingerprint density at radius 2 is 2.07 bits per heavy atom. The highest BCUT2D eigenvalue weighted by atomic mass is 19.1. The van der Waals surface area contributed by atoms with Crippen molar-refractivity contribution in [3.05, 3.63) is 47.9 Å². The van der Waals surface area contributed by atoms with E-state index in [0.29, 0.717) is 30.0 Å². The normalized spacial score (nSPS) is 17.5. The van der Waals surface area contributed by atoms with Crippen molar-refractivity contribution in [3.63, 3.8) is 0 Å². The van der Waals surface area contributed by atoms with Crippen LogP contribution in [0.5, 0.6) is 11.5 Å². The number of likely N-dealkylation sites (tertiary alicyclic amines) is 1. The topological polar surface area (TPSA) is 80.5 Å². The van der Waals surface area contributed by atoms with Crippen LogP contribution in [0.4, 0.5) is 10.2 Å². The van der Waals surface area contributed by atoms with Crippen LogP contribution in [0.3, 0.4) is 0 Å². The van der Waals surface area contributed by atoms with E-state index in [-0.39, 0.29) is 23.2 Å². The molecule has 28 heavy (non-hydrogen) atoms. The molecular weight excluding hydrogens is 359 g/mol. The SMILES string of the molecule is CC(C)N1CCCC(CNC(=O)c2cc(Oc3ccc(F)cc3)cc(N)n2)C1. The predicted octanol–water partition coefficient (Wildman–Crippen LogP) is 3.45. The number of nitrogens with zero attached hydrogens (tertiary/aromatic N) is 2. The Bertz CT molecular complexity index is 811. The van der Waals surface area contributed by atoms with E-state index in [9.17, 15) is 9.18 Å². The van der Waals surface area contributed by atoms with Crippen LogP contribution >= 0.6 is 0 Å². The van der Waals surface area contributed by atoms with Gasteiger partial charge in [0.15, 0.2) is 0 Å². The molecule has 0 spiro atoms. The molecule has 1 fully saturated rings. The summed E-state index contributed by atoms with van der Waals surface area (Å²) in [5.41, 5.74) is 6.03. The monoisotopic (exact) mass is 386 g/mol. The molecule has 0 bridgehead atoms. The zero-order chi connectivity index (χ0) is 20.1. The molecule has 7 heteroatoms. The molecule has 1 unspecified atom stereocenters. The van der Waals surface area contributed by atoms with Gasteiger partial charge in [-0.2, -0.15) is 0 Å². The first-order chi connectivity index (χ1) is 13.4. The van der Waals surface area contributed by atoms with Gasteiger partial charge in [-0.3, -0.25) is 4.79 Å². The number of ether oxygens (including phenoxy) is 1. The highest BCUT2D eigenvalue weighted by Crippen LogP contribution is 2.24. The van der Waals surface area contributed by atoms with Crippen LogP contribution < -0.4 is 15.8 Å². The number of aromatic nitrogens is 1. The third-order valence-electron chi connectivity index (χ3n) is 4.93. The summed E-state index contributed by atoms with van der Waals surface area (Å²) in [6.45, 7) is 7.09. The van der Waals surface area contributed by atoms with Crippen molar-refractivity contribution >= 4 is 11.7 Å². The summed E-state index contributed by atoms with van der Waals surface area (Å²) in [7, 11) is 0. The second kappa shape index (κ2) is 9.01. The molecule has 1 aliphatic heterocycles. The second-order valence-corrected chi connectivity index (χ2v) is 7.48. The average Bonchev–Trinajstić information content (AvgIpc) is 2.67. The minimum Gasteiger partial charge on any atom is -0.457 e. The molecule has 1 aliphatic rings. The van der Waals surface area contributed by atoms with Gasteiger partial charge >= 0.3 is 0 Å². The summed E-state index contributed by atoms with van der Waals surface area (Å²) in [5, 5.41) is 2.97. The Balaban J connectivity index is 1.61. The molecule has 1 atom stereocenters. The summed E-state index contributed by atoms with van der Waals surface area (Å²) in [6, 6.07) is 9.21. The van der Waals surface area contributed by atoms with Gasteiger partial charge in [0.25, 0.3) is 5.91 Å². The molecule has 1 amide bonds. The van der Waals surface area contributed by atoms with Gasteiger partial charge in [0.2, 0.25) is 0 Å². The van der Waals surface area contributed by atoms with Crippen LogP contribution in [0.2, 0.25) is 0 Å². The third-order valence-corrected chi connectivity index (χ3v) is 4.93. The molecule has 3 rings (SSSR count). The Hall–Kier alpha value is -2.67. The van der Waals surface area contributed by atoms with E-state index in [0.717, 1.165) is 25.9 Å². The van der Waals surface area contributed by atoms with Gasteiger partial charge in [0, 0.05) is 31.3 Å². The third kappa shape index (κ3) is 5.42. The Morgan fingerprint density at radius 3 is 2.79 bits per heavy atom. The van der Waals surface area contributed by atoms with Crippen LogP contribution in [0.25, 0.3) is 0 Å². The van der Waals surface area contributed by atoms with E-state index < -0.39 is 0 Å². The molecule has 6 nitrogen and oxygen atoms in total. The van der Waals surface area contributed by atoms with Gasteiger partial charge in [0.05, 0.1) is 0 Å². The van der Waals surface area contributed by atoms with Crippen LogP contribution in [0.15, 0.2) is 36.4 Å². The summed E-state index contributed by atoms with van der Waals surface area (Å²) >= 11 is 0. The number of anilines is 1. The fourth-order valence-corrected chi connectivity index (χ4v) is 3.40. The van der Waals surface area contributed by atoms with E-state index in [1.54, 1.807) is 0 Å². The molecule has 150 valence electrons. The number of hydrogen-bond acceptors (Lipinski definition) is 5. The minimum atomic E-state index is -0.347. The number of hydrogen-bond donors (Lipinski definition) is 2. The van der Waals surface area contributed by atoms with Crippen molar-refractivity contribution in [1.29, 1.82) is 0 Å². The average molecular weight is 386 g/mol. The second-order valence-electron chi connectivity index (χ2n) is 7.48. The number of nitrogens with two attached hydrogens (primary N) is 1. The highest BCUT2D eigenvalue weighted by Gasteiger charge is 2.22. The molecule has 1 saturated heterocycles. The number of pyridine rings is 1. The number of carbonyl (C=O) groups is 1. The van der Waals surface area contributed by atoms with Crippen molar-refractivity contribution < 1.29 is 13.9 Å². The molecule has 1 aromatic carbocycles. The van der Waals surface area contributed by atoms with Gasteiger partial charge < -0.3 is 20.7 Å². The summed E-state index contributed by atoms with van der Waals surface area (Å²) in [4.78, 5) is 19.1. The molecule has 1 aromatic heterocycles. The predicted molar refractivity (Wildman–Crippen MR) is 107 cm³/mol. The molecule has 2 aromatic rings. The van der Waals surface area contributed by atoms with Gasteiger partial charge in [-0.15, -0.1) is 0 Å². The Labute approximate surface area is 164 Å². The molecule has 0 radical (unpaired) electrons. The number of halogens is 1. The molecular formula is C21H27FN4O2. The zero-order valence-electron chi connectivity index (χ0n) is 16.3. The number of piperidine rings is 1. The highest BCUT2D eigenvalue weighted by molar-refractivity contribution is 5.93. The quantitative estimate of drug-likeness (QED) is 0.795. The van der Waals surface area contributed by atoms with Gasteiger partial charge in [-0.1, -0.05) is 0 Å². The molecule has 0 aliphatic carbocycles. The lowest BCUT2D eigenvalue weighted by atomic mass is 9.97. The number of nitrogens with one attached hydrogen (secondary N) is 1. The molecule has 3 N–H and O–H groups in total. The number of amides is 1. The van der Waals surface area contributed by atoms with Crippen LogP contribution in [-0.2, 0) is 0 Å². The lowest BCUT2D eigenvalue weighted by molar-refractivity contribution is 0.0917. The summed E-state index contributed by atoms with van der Waals surface area (Å²) in [5.74, 6) is 0.824. The van der Waals surface area contributed by atoms with E-state index in [4.69, 9.17) is 10.5 Å². The van der Waals surface area contributed by atoms with Crippen molar-refractivity contribution in [2.45, 2.75) is 32.7 Å². The van der Waals surface area contributed by atoms with E-state index in [1.807, 2.05) is 0 Å². The maximum absolute atomic E-state index is 13.0. The van der Waals surface area contributed by atoms with Gasteiger partial charge in [-0.25, -0.2) is 9.37 Å². The fourth-order valence-electron chi connectivity index (χ4n) is 3.40. The fraction of sp³-hybridized carbons (Fsp3) is 0.429. The van der Waals surface area contributed by atoms with Crippen molar-refractivity contribution in [2.75, 3.05) is 25.4 Å². The van der Waals surface area contributed by atoms with E-state index in [1.165, 1.54) is 36.4 Å². The maximum atomic E-state index is 13.0. The van der Waals surface area contributed by atoms with Crippen LogP contribution in [-0.4, -0.2) is 41.5 Å². The largest absolute Gasteiger partial charge is 0.457 e. The molecule has 2 heterocycles. The number of rotatable bonds is 6. The lowest BCUT2D eigenvalue weighted by Gasteiger charge is -2.35. The Morgan fingerprint density at radius 1 is 1.32 bits per heavy atom. The van der Waals surface area contributed by atoms with E-state index in [2.05, 4.69) is 29.0 Å². The first-order valence-electron chi connectivity index (χ1n) is 9.64. The first kappa shape index (κ1) is 20.1. The standard InChI is InChI=1S/C21H27FN4O2/c1-14(2)26-9-3-4-15(13-26)12-24-21(27)19-10-18(11-20(23)25-19)28-17-7-5-16(22)6-8-17/h5-8,10-11,14-15H,3-4,9,12-13H2,1-2H3,(H2,23,25)(H,24,27). The van der Waals surface area contributed by atoms with Crippen molar-refractivity contribution in [3.8, 4) is 11.5 Å². The van der Waals surface area contributed by atoms with Crippen LogP contribution in [0.1, 0.15) is 37.2 Å². The van der Waals surface area contributed by atoms with E-state index >= 15 is 0 Å². The number of carbonyl (C=O) groups excluding carboxylic acids is 1. The zero-order valence-corrected chi connectivity index (χ0v) is 16.3. The molecule has 0 saturated carbocycles. The Kier molecular flexibility index (Phi) is 6.46. The first-order valence-corrected chi connectivity index (χ1v) is 9.64. The maximum Gasteiger partial charge on any atom is 0.270 e. The smallest absolute Gasteiger partial charge is 0.270 e. The van der Waals surface area contributed by atoms with Crippen LogP contribution in [0, 0.1) is 11.7 Å². The summed E-state index contributed by atoms with van der Waals surface area (Å²) in [6.07, 6.45) is 2.25. The number of nitrogen functional groups attached to an aromatic ring is 1. The van der Waals surface area contributed by atoms with Crippen molar-refractivity contribution in [2.24, 2.45) is 5.92 Å². The van der Waals surface area contributed by atoms with Crippen molar-refractivity contribution in [1.82, 2.24) is 15.2 Å².